The molecule has 4 N–H and O–H groups in total. The maximum absolute atomic E-state index is 12.6. The number of ether oxygens (including phenoxy) is 1. The Balaban J connectivity index is 4.39. The van der Waals surface area contributed by atoms with Crippen LogP contribution in [0.3, 0.4) is 0 Å². The maximum atomic E-state index is 12.6. The summed E-state index contributed by atoms with van der Waals surface area (Å²) in [6.45, 7) is 3.29. The summed E-state index contributed by atoms with van der Waals surface area (Å²) in [6.07, 6.45) is 31.9. The van der Waals surface area contributed by atoms with Crippen LogP contribution in [0.5, 0.6) is 0 Å². The first-order valence-corrected chi connectivity index (χ1v) is 17.4. The zero-order valence-corrected chi connectivity index (χ0v) is 28.1. The number of carbonyl (C=O) groups excluding carboxylic acids is 3. The van der Waals surface area contributed by atoms with Crippen molar-refractivity contribution >= 4 is 23.8 Å². The normalized spacial score (nSPS) is 13.0. The molecule has 9 nitrogen and oxygen atoms in total. The lowest BCUT2D eigenvalue weighted by atomic mass is 10.1. The summed E-state index contributed by atoms with van der Waals surface area (Å²) in [5, 5.41) is 22.4. The fourth-order valence-electron chi connectivity index (χ4n) is 4.70. The number of aliphatic hydroxyl groups is 1. The average Bonchev–Trinajstić information content (AvgIpc) is 3.02. The number of aliphatic hydroxyl groups excluding tert-OH is 1. The minimum absolute atomic E-state index is 0.140. The van der Waals surface area contributed by atoms with Gasteiger partial charge in [-0.25, -0.2) is 4.79 Å². The van der Waals surface area contributed by atoms with Gasteiger partial charge in [0.25, 0.3) is 0 Å². The molecule has 0 fully saturated rings. The molecule has 258 valence electrons. The number of carboxylic acid groups (broad SMARTS) is 1. The molecule has 0 aliphatic heterocycles. The minimum Gasteiger partial charge on any atom is -0.480 e. The van der Waals surface area contributed by atoms with E-state index in [2.05, 4.69) is 54.9 Å². The van der Waals surface area contributed by atoms with Gasteiger partial charge in [0, 0.05) is 12.8 Å². The number of aliphatic carboxylic acids is 1. The third kappa shape index (κ3) is 28.3. The fraction of sp³-hybridized carbons (Fsp3) is 0.722. The van der Waals surface area contributed by atoms with Crippen LogP contribution in [0, 0.1) is 0 Å². The first-order chi connectivity index (χ1) is 21.8. The summed E-state index contributed by atoms with van der Waals surface area (Å²) in [5.41, 5.74) is 0. The van der Waals surface area contributed by atoms with Gasteiger partial charge in [0.15, 0.2) is 0 Å². The third-order valence-electron chi connectivity index (χ3n) is 7.39. The molecule has 0 rings (SSSR count). The van der Waals surface area contributed by atoms with E-state index in [4.69, 9.17) is 14.9 Å². The lowest BCUT2D eigenvalue weighted by Gasteiger charge is -2.15. The molecule has 0 aliphatic carbocycles. The second kappa shape index (κ2) is 31.1. The van der Waals surface area contributed by atoms with Crippen LogP contribution < -0.4 is 10.6 Å². The third-order valence-corrected chi connectivity index (χ3v) is 7.39. The molecule has 2 atom stereocenters. The molecule has 0 heterocycles. The van der Waals surface area contributed by atoms with Gasteiger partial charge in [-0.1, -0.05) is 115 Å². The Kier molecular flexibility index (Phi) is 29.0. The van der Waals surface area contributed by atoms with Crippen LogP contribution in [0.4, 0.5) is 0 Å². The second-order valence-corrected chi connectivity index (χ2v) is 11.6. The highest BCUT2D eigenvalue weighted by molar-refractivity contribution is 5.87. The standard InChI is InChI=1S/C36H62N2O7/c1-3-5-7-9-11-13-14-16-18-24-28-35(42)45-31(25-21-17-15-12-10-8-6-4-2)26-22-19-20-23-27-33(40)37-29-34(41)38-32(30-39)36(43)44/h6,8,12,15,21,25,31-32,39H,3-5,7,9-11,13-14,16-20,22-24,26-30H2,1-2H3,(H,37,40)(H,38,41)(H,43,44)/b8-6-,15-12-,25-21-. The molecule has 0 saturated heterocycles. The smallest absolute Gasteiger partial charge is 0.328 e. The summed E-state index contributed by atoms with van der Waals surface area (Å²) >= 11 is 0. The number of nitrogens with one attached hydrogen (secondary N) is 2. The first kappa shape index (κ1) is 42.1. The average molecular weight is 635 g/mol. The quantitative estimate of drug-likeness (QED) is 0.0375. The van der Waals surface area contributed by atoms with E-state index in [1.807, 2.05) is 6.08 Å². The van der Waals surface area contributed by atoms with E-state index in [0.717, 1.165) is 57.8 Å². The molecular weight excluding hydrogens is 572 g/mol. The highest BCUT2D eigenvalue weighted by Gasteiger charge is 2.18. The Hall–Kier alpha value is -2.94. The van der Waals surface area contributed by atoms with Crippen molar-refractivity contribution in [2.24, 2.45) is 0 Å². The molecule has 0 aliphatic rings. The van der Waals surface area contributed by atoms with Gasteiger partial charge in [-0.15, -0.1) is 0 Å². The number of hydrogen-bond acceptors (Lipinski definition) is 6. The number of allylic oxidation sites excluding steroid dienone is 5. The molecule has 45 heavy (non-hydrogen) atoms. The summed E-state index contributed by atoms with van der Waals surface area (Å²) in [7, 11) is 0. The Bertz CT molecular complexity index is 869. The van der Waals surface area contributed by atoms with E-state index in [1.54, 1.807) is 0 Å². The van der Waals surface area contributed by atoms with Crippen molar-refractivity contribution < 1.29 is 34.1 Å². The molecule has 0 aromatic heterocycles. The van der Waals surface area contributed by atoms with Gasteiger partial charge in [0.2, 0.25) is 11.8 Å². The van der Waals surface area contributed by atoms with Gasteiger partial charge in [0.1, 0.15) is 12.1 Å². The van der Waals surface area contributed by atoms with Crippen molar-refractivity contribution in [1.82, 2.24) is 10.6 Å². The summed E-state index contributed by atoms with van der Waals surface area (Å²) in [4.78, 5) is 47.2. The zero-order chi connectivity index (χ0) is 33.4. The number of rotatable bonds is 30. The fourth-order valence-corrected chi connectivity index (χ4v) is 4.70. The van der Waals surface area contributed by atoms with Crippen LogP contribution in [0.1, 0.15) is 142 Å². The van der Waals surface area contributed by atoms with Crippen LogP contribution in [-0.2, 0) is 23.9 Å². The van der Waals surface area contributed by atoms with Gasteiger partial charge in [0.05, 0.1) is 13.2 Å². The lowest BCUT2D eigenvalue weighted by molar-refractivity contribution is -0.147. The van der Waals surface area contributed by atoms with Gasteiger partial charge >= 0.3 is 11.9 Å². The van der Waals surface area contributed by atoms with Gasteiger partial charge < -0.3 is 25.6 Å². The van der Waals surface area contributed by atoms with Crippen molar-refractivity contribution in [2.45, 2.75) is 154 Å². The number of amides is 2. The SMILES string of the molecule is CC/C=C\C/C=C\C/C=C\C(CCCCCCC(=O)NCC(=O)NC(CO)C(=O)O)OC(=O)CCCCCCCCCCCC. The molecular formula is C36H62N2O7. The number of carbonyl (C=O) groups is 4. The van der Waals surface area contributed by atoms with Crippen LogP contribution in [0.25, 0.3) is 0 Å². The maximum Gasteiger partial charge on any atom is 0.328 e. The summed E-state index contributed by atoms with van der Waals surface area (Å²) in [6, 6.07) is -1.39. The van der Waals surface area contributed by atoms with Crippen molar-refractivity contribution in [3.05, 3.63) is 36.5 Å². The molecule has 0 radical (unpaired) electrons. The minimum atomic E-state index is -1.39. The van der Waals surface area contributed by atoms with E-state index >= 15 is 0 Å². The largest absolute Gasteiger partial charge is 0.480 e. The molecule has 0 saturated carbocycles. The van der Waals surface area contributed by atoms with Crippen molar-refractivity contribution in [2.75, 3.05) is 13.2 Å². The lowest BCUT2D eigenvalue weighted by Crippen LogP contribution is -2.47. The topological polar surface area (TPSA) is 142 Å². The van der Waals surface area contributed by atoms with Crippen molar-refractivity contribution in [3.8, 4) is 0 Å². The second-order valence-electron chi connectivity index (χ2n) is 11.6. The predicted octanol–water partition coefficient (Wildman–Crippen LogP) is 7.09. The number of carboxylic acids is 1. The van der Waals surface area contributed by atoms with Crippen molar-refractivity contribution in [3.63, 3.8) is 0 Å². The predicted molar refractivity (Wildman–Crippen MR) is 181 cm³/mol. The summed E-state index contributed by atoms with van der Waals surface area (Å²) < 4.78 is 5.83. The van der Waals surface area contributed by atoms with Crippen LogP contribution in [-0.4, -0.2) is 59.3 Å². The molecule has 2 unspecified atom stereocenters. The van der Waals surface area contributed by atoms with Gasteiger partial charge in [-0.2, -0.15) is 0 Å². The molecule has 2 amide bonds. The number of hydrogen-bond donors (Lipinski definition) is 4. The van der Waals surface area contributed by atoms with Crippen LogP contribution in [0.2, 0.25) is 0 Å². The Morgan fingerprint density at radius 1 is 0.689 bits per heavy atom. The highest BCUT2D eigenvalue weighted by Crippen LogP contribution is 2.15. The Morgan fingerprint density at radius 2 is 1.24 bits per heavy atom. The summed E-state index contributed by atoms with van der Waals surface area (Å²) in [5.74, 6) is -2.44. The molecule has 0 spiro atoms. The Labute approximate surface area is 272 Å². The highest BCUT2D eigenvalue weighted by atomic mass is 16.5. The molecule has 9 heteroatoms. The van der Waals surface area contributed by atoms with E-state index in [9.17, 15) is 19.2 Å². The van der Waals surface area contributed by atoms with Crippen LogP contribution in [0.15, 0.2) is 36.5 Å². The molecule has 0 bridgehead atoms. The molecule has 0 aromatic carbocycles. The van der Waals surface area contributed by atoms with Gasteiger partial charge in [-0.3, -0.25) is 14.4 Å². The van der Waals surface area contributed by atoms with Gasteiger partial charge in [-0.05, 0) is 51.0 Å². The molecule has 0 aromatic rings. The van der Waals surface area contributed by atoms with E-state index in [0.29, 0.717) is 12.8 Å². The van der Waals surface area contributed by atoms with Crippen molar-refractivity contribution in [1.29, 1.82) is 0 Å². The monoisotopic (exact) mass is 634 g/mol. The van der Waals surface area contributed by atoms with Crippen LogP contribution >= 0.6 is 0 Å². The first-order valence-electron chi connectivity index (χ1n) is 17.4. The number of unbranched alkanes of at least 4 members (excludes halogenated alkanes) is 12. The van der Waals surface area contributed by atoms with E-state index in [-0.39, 0.29) is 30.9 Å². The Morgan fingerprint density at radius 3 is 1.84 bits per heavy atom. The van der Waals surface area contributed by atoms with E-state index in [1.165, 1.54) is 51.4 Å². The van der Waals surface area contributed by atoms with E-state index < -0.39 is 24.5 Å². The zero-order valence-electron chi connectivity index (χ0n) is 28.1. The number of esters is 1.